The van der Waals surface area contributed by atoms with Gasteiger partial charge >= 0.3 is 0 Å². The molecule has 23 heavy (non-hydrogen) atoms. The van der Waals surface area contributed by atoms with Crippen LogP contribution in [0.2, 0.25) is 0 Å². The Labute approximate surface area is 197 Å². The van der Waals surface area contributed by atoms with E-state index in [1.807, 2.05) is 0 Å². The van der Waals surface area contributed by atoms with Gasteiger partial charge in [0.25, 0.3) is 30.4 Å². The average Bonchev–Trinajstić information content (AvgIpc) is 2.15. The first-order valence-electron chi connectivity index (χ1n) is 4.18. The maximum absolute atomic E-state index is 11.0. The molecule has 0 atom stereocenters. The van der Waals surface area contributed by atoms with Gasteiger partial charge in [0.2, 0.25) is 0 Å². The van der Waals surface area contributed by atoms with Gasteiger partial charge in [-0.2, -0.15) is 25.3 Å². The van der Waals surface area contributed by atoms with E-state index < -0.39 is 56.5 Å². The first-order chi connectivity index (χ1) is 8.67. The monoisotopic (exact) mass is 419 g/mol. The normalized spacial score (nSPS) is 11.6. The van der Waals surface area contributed by atoms with E-state index >= 15 is 0 Å². The van der Waals surface area contributed by atoms with Crippen molar-refractivity contribution in [2.75, 3.05) is 0 Å². The minimum absolute atomic E-state index is 0. The van der Waals surface area contributed by atoms with Crippen molar-refractivity contribution in [3.8, 4) is 11.5 Å². The Morgan fingerprint density at radius 1 is 0.609 bits per heavy atom. The second-order valence-electron chi connectivity index (χ2n) is 3.32. The minimum atomic E-state index is -5.46. The quantitative estimate of drug-likeness (QED) is 0.200. The van der Waals surface area contributed by atoms with Gasteiger partial charge in [0, 0.05) is 88.7 Å². The SMILES string of the molecule is O=S(=O)(O)c1cc(S(=O)(=O)O)c(S(=O)(=O)O)c(O)c1O.[Na].[Na].[Na]. The van der Waals surface area contributed by atoms with Gasteiger partial charge in [-0.1, -0.05) is 0 Å². The molecule has 0 aliphatic carbocycles. The molecule has 0 unspecified atom stereocenters. The zero-order valence-corrected chi connectivity index (χ0v) is 20.4. The van der Waals surface area contributed by atoms with Crippen molar-refractivity contribution in [1.29, 1.82) is 0 Å². The van der Waals surface area contributed by atoms with E-state index in [0.717, 1.165) is 0 Å². The predicted octanol–water partition coefficient (Wildman–Crippen LogP) is -2.30. The molecular formula is C6H6Na3O11S3. The molecule has 3 radical (unpaired) electrons. The molecule has 0 amide bonds. The fraction of sp³-hybridized carbons (Fsp3) is 0. The molecule has 17 heteroatoms. The standard InChI is InChI=1S/C6H6O11S3.3Na/c7-4-2(18(9,10)11)1-3(19(12,13)14)6(5(4)8)20(15,16)17;;;/h1,7-8H,(H,9,10,11)(H,12,13,14)(H,15,16,17);;;. The van der Waals surface area contributed by atoms with Crippen LogP contribution in [0, 0.1) is 0 Å². The summed E-state index contributed by atoms with van der Waals surface area (Å²) in [5, 5.41) is 18.5. The largest absolute Gasteiger partial charge is 0.503 e. The first kappa shape index (κ1) is 29.3. The van der Waals surface area contributed by atoms with Crippen molar-refractivity contribution >= 4 is 119 Å². The van der Waals surface area contributed by atoms with E-state index in [2.05, 4.69) is 0 Å². The Kier molecular flexibility index (Phi) is 12.1. The number of phenols is 2. The fourth-order valence-corrected chi connectivity index (χ4v) is 3.80. The minimum Gasteiger partial charge on any atom is -0.503 e. The van der Waals surface area contributed by atoms with Crippen LogP contribution in [0.4, 0.5) is 0 Å². The number of benzene rings is 1. The van der Waals surface area contributed by atoms with E-state index in [9.17, 15) is 35.5 Å². The second kappa shape index (κ2) is 9.48. The number of rotatable bonds is 3. The maximum atomic E-state index is 11.0. The molecule has 0 aromatic heterocycles. The van der Waals surface area contributed by atoms with Crippen molar-refractivity contribution in [2.45, 2.75) is 14.7 Å². The van der Waals surface area contributed by atoms with Crippen LogP contribution in [0.3, 0.4) is 0 Å². The third-order valence-electron chi connectivity index (χ3n) is 1.97. The third-order valence-corrected chi connectivity index (χ3v) is 4.78. The fourth-order valence-electron chi connectivity index (χ4n) is 1.23. The molecule has 5 N–H and O–H groups in total. The summed E-state index contributed by atoms with van der Waals surface area (Å²) in [7, 11) is -16.1. The number of aromatic hydroxyl groups is 2. The predicted molar refractivity (Wildman–Crippen MR) is 76.5 cm³/mol. The van der Waals surface area contributed by atoms with Gasteiger partial charge in [-0.25, -0.2) is 0 Å². The molecule has 0 bridgehead atoms. The van der Waals surface area contributed by atoms with Gasteiger partial charge in [-0.05, 0) is 6.07 Å². The second-order valence-corrected chi connectivity index (χ2v) is 7.46. The Bertz CT molecular complexity index is 887. The maximum Gasteiger partial charge on any atom is 0.299 e. The summed E-state index contributed by atoms with van der Waals surface area (Å²) in [5.41, 5.74) is 0. The summed E-state index contributed by atoms with van der Waals surface area (Å²) in [6.07, 6.45) is 0. The molecular weight excluding hydrogens is 413 g/mol. The van der Waals surface area contributed by atoms with E-state index in [1.54, 1.807) is 0 Å². The van der Waals surface area contributed by atoms with Gasteiger partial charge in [-0.15, -0.1) is 0 Å². The van der Waals surface area contributed by atoms with E-state index in [4.69, 9.17) is 13.7 Å². The summed E-state index contributed by atoms with van der Waals surface area (Å²) in [6, 6.07) is -0.150. The molecule has 1 aromatic rings. The van der Waals surface area contributed by atoms with Crippen LogP contribution in [0.5, 0.6) is 11.5 Å². The van der Waals surface area contributed by atoms with Crippen LogP contribution < -0.4 is 0 Å². The third kappa shape index (κ3) is 6.99. The number of hydrogen-bond donors (Lipinski definition) is 5. The summed E-state index contributed by atoms with van der Waals surface area (Å²) in [6.45, 7) is 0. The summed E-state index contributed by atoms with van der Waals surface area (Å²) in [5.74, 6) is -3.61. The Hall–Kier alpha value is 1.55. The van der Waals surface area contributed by atoms with Crippen molar-refractivity contribution in [1.82, 2.24) is 0 Å². The number of phenolic OH excluding ortho intramolecular Hbond substituents is 2. The topological polar surface area (TPSA) is 204 Å². The van der Waals surface area contributed by atoms with Gasteiger partial charge in [0.1, 0.15) is 9.79 Å². The molecule has 0 heterocycles. The Morgan fingerprint density at radius 2 is 0.957 bits per heavy atom. The smallest absolute Gasteiger partial charge is 0.299 e. The summed E-state index contributed by atoms with van der Waals surface area (Å²) < 4.78 is 91.7. The molecule has 1 aromatic carbocycles. The zero-order chi connectivity index (χ0) is 16.1. The Balaban J connectivity index is -0.00000133. The number of hydrogen-bond acceptors (Lipinski definition) is 8. The molecule has 11 nitrogen and oxygen atoms in total. The summed E-state index contributed by atoms with van der Waals surface area (Å²) in [4.78, 5) is -5.18. The summed E-state index contributed by atoms with van der Waals surface area (Å²) >= 11 is 0. The zero-order valence-electron chi connectivity index (χ0n) is 12.0. The van der Waals surface area contributed by atoms with Crippen LogP contribution in [-0.4, -0.2) is 138 Å². The molecule has 117 valence electrons. The van der Waals surface area contributed by atoms with Crippen LogP contribution in [0.1, 0.15) is 0 Å². The van der Waals surface area contributed by atoms with E-state index in [1.165, 1.54) is 0 Å². The van der Waals surface area contributed by atoms with Crippen LogP contribution in [0.25, 0.3) is 0 Å². The van der Waals surface area contributed by atoms with Gasteiger partial charge in [-0.3, -0.25) is 13.7 Å². The Morgan fingerprint density at radius 3 is 1.22 bits per heavy atom. The average molecular weight is 419 g/mol. The van der Waals surface area contributed by atoms with E-state index in [0.29, 0.717) is 0 Å². The molecule has 0 fully saturated rings. The molecule has 0 aliphatic heterocycles. The van der Waals surface area contributed by atoms with E-state index in [-0.39, 0.29) is 94.7 Å². The molecule has 1 rings (SSSR count). The molecule has 0 aliphatic rings. The van der Waals surface area contributed by atoms with Crippen molar-refractivity contribution in [3.63, 3.8) is 0 Å². The van der Waals surface area contributed by atoms with Crippen molar-refractivity contribution in [3.05, 3.63) is 6.07 Å². The van der Waals surface area contributed by atoms with Crippen LogP contribution >= 0.6 is 0 Å². The van der Waals surface area contributed by atoms with Gasteiger partial charge in [0.05, 0.1) is 0 Å². The van der Waals surface area contributed by atoms with Crippen molar-refractivity contribution < 1.29 is 49.1 Å². The molecule has 0 saturated carbocycles. The molecule has 0 saturated heterocycles. The van der Waals surface area contributed by atoms with Crippen LogP contribution in [0.15, 0.2) is 20.8 Å². The van der Waals surface area contributed by atoms with Gasteiger partial charge in [0.15, 0.2) is 16.4 Å². The van der Waals surface area contributed by atoms with Gasteiger partial charge < -0.3 is 10.2 Å². The molecule has 0 spiro atoms. The van der Waals surface area contributed by atoms with Crippen molar-refractivity contribution in [2.24, 2.45) is 0 Å². The first-order valence-corrected chi connectivity index (χ1v) is 8.50. The van der Waals surface area contributed by atoms with Crippen LogP contribution in [-0.2, 0) is 30.4 Å².